The molecule has 0 bridgehead atoms. The van der Waals surface area contributed by atoms with E-state index >= 15 is 0 Å². The number of hydrogen-bond acceptors (Lipinski definition) is 2. The van der Waals surface area contributed by atoms with Crippen LogP contribution in [0.25, 0.3) is 0 Å². The summed E-state index contributed by atoms with van der Waals surface area (Å²) in [6, 6.07) is 7.82. The zero-order chi connectivity index (χ0) is 15.5. The first-order chi connectivity index (χ1) is 9.83. The normalized spacial score (nSPS) is 12.1. The molecule has 2 aromatic rings. The Bertz CT molecular complexity index is 595. The Hall–Kier alpha value is -1.34. The zero-order valence-electron chi connectivity index (χ0n) is 11.4. The zero-order valence-corrected chi connectivity index (χ0v) is 13.0. The van der Waals surface area contributed by atoms with Crippen molar-refractivity contribution in [3.63, 3.8) is 0 Å². The minimum absolute atomic E-state index is 0.357. The minimum Gasteiger partial charge on any atom is -0.325 e. The maximum Gasteiger partial charge on any atom is 0.406 e. The highest BCUT2D eigenvalue weighted by Crippen LogP contribution is 2.19. The topological polar surface area (TPSA) is 21.1 Å². The van der Waals surface area contributed by atoms with Gasteiger partial charge in [0.15, 0.2) is 0 Å². The Morgan fingerprint density at radius 3 is 2.71 bits per heavy atom. The molecule has 1 aromatic heterocycles. The lowest BCUT2D eigenvalue weighted by atomic mass is 10.2. The van der Waals surface area contributed by atoms with Crippen LogP contribution in [0.5, 0.6) is 0 Å². The molecule has 0 saturated carbocycles. The van der Waals surface area contributed by atoms with Crippen LogP contribution in [0.2, 0.25) is 0 Å². The molecule has 0 amide bonds. The van der Waals surface area contributed by atoms with Crippen LogP contribution < -0.4 is 0 Å². The van der Waals surface area contributed by atoms with Crippen molar-refractivity contribution in [1.29, 1.82) is 0 Å². The van der Waals surface area contributed by atoms with Crippen molar-refractivity contribution in [2.75, 3.05) is 7.05 Å². The van der Waals surface area contributed by atoms with Crippen molar-refractivity contribution in [2.45, 2.75) is 25.8 Å². The monoisotopic (exact) mass is 361 g/mol. The third-order valence-corrected chi connectivity index (χ3v) is 3.40. The van der Waals surface area contributed by atoms with Crippen LogP contribution in [-0.2, 0) is 19.6 Å². The molecule has 1 heterocycles. The molecule has 114 valence electrons. The molecule has 0 aliphatic heterocycles. The molecule has 1 aromatic carbocycles. The van der Waals surface area contributed by atoms with E-state index in [2.05, 4.69) is 20.9 Å². The third kappa shape index (κ3) is 5.17. The number of benzene rings is 1. The van der Waals surface area contributed by atoms with Crippen molar-refractivity contribution in [1.82, 2.24) is 14.5 Å². The van der Waals surface area contributed by atoms with Gasteiger partial charge in [-0.25, -0.2) is 4.98 Å². The van der Waals surface area contributed by atoms with Crippen molar-refractivity contribution in [3.05, 3.63) is 52.5 Å². The molecule has 0 aliphatic rings. The predicted octanol–water partition coefficient (Wildman–Crippen LogP) is 3.84. The average molecular weight is 362 g/mol. The molecule has 0 fully saturated rings. The summed E-state index contributed by atoms with van der Waals surface area (Å²) >= 11 is 3.40. The number of halogens is 4. The van der Waals surface area contributed by atoms with E-state index in [0.717, 1.165) is 14.6 Å². The Kier molecular flexibility index (Phi) is 5.05. The summed E-state index contributed by atoms with van der Waals surface area (Å²) in [4.78, 5) is 5.94. The number of aromatic nitrogens is 2. The number of hydrogen-bond donors (Lipinski definition) is 0. The molecular formula is C14H15BrF3N3. The van der Waals surface area contributed by atoms with E-state index in [0.29, 0.717) is 18.9 Å². The molecule has 2 rings (SSSR count). The number of nitrogens with zero attached hydrogens (tertiary/aromatic N) is 3. The Morgan fingerprint density at radius 2 is 2.05 bits per heavy atom. The second-order valence-corrected chi connectivity index (χ2v) is 5.80. The van der Waals surface area contributed by atoms with Crippen LogP contribution in [0.4, 0.5) is 13.2 Å². The van der Waals surface area contributed by atoms with Gasteiger partial charge in [-0.1, -0.05) is 28.1 Å². The molecule has 0 saturated heterocycles. The fraction of sp³-hybridized carbons (Fsp3) is 0.357. The van der Waals surface area contributed by atoms with Crippen LogP contribution in [0.3, 0.4) is 0 Å². The molecule has 0 radical (unpaired) electrons. The predicted molar refractivity (Wildman–Crippen MR) is 77.6 cm³/mol. The molecule has 7 heteroatoms. The Morgan fingerprint density at radius 1 is 1.29 bits per heavy atom. The highest BCUT2D eigenvalue weighted by atomic mass is 79.9. The van der Waals surface area contributed by atoms with Crippen molar-refractivity contribution in [3.8, 4) is 0 Å². The lowest BCUT2D eigenvalue weighted by Crippen LogP contribution is -2.23. The average Bonchev–Trinajstić information content (AvgIpc) is 2.74. The first-order valence-corrected chi connectivity index (χ1v) is 7.12. The quantitative estimate of drug-likeness (QED) is 0.806. The fourth-order valence-electron chi connectivity index (χ4n) is 2.07. The first-order valence-electron chi connectivity index (χ1n) is 6.33. The van der Waals surface area contributed by atoms with Gasteiger partial charge in [-0.2, -0.15) is 13.2 Å². The van der Waals surface area contributed by atoms with E-state index in [1.807, 2.05) is 36.2 Å². The Balaban J connectivity index is 2.00. The molecule has 0 atom stereocenters. The molecule has 21 heavy (non-hydrogen) atoms. The molecule has 0 N–H and O–H groups in total. The summed E-state index contributed by atoms with van der Waals surface area (Å²) in [5.41, 5.74) is 1.08. The summed E-state index contributed by atoms with van der Waals surface area (Å²) in [5, 5.41) is 0. The number of imidazole rings is 1. The summed E-state index contributed by atoms with van der Waals surface area (Å²) in [7, 11) is 1.85. The lowest BCUT2D eigenvalue weighted by Gasteiger charge is -2.18. The van der Waals surface area contributed by atoms with E-state index < -0.39 is 12.7 Å². The maximum absolute atomic E-state index is 12.5. The van der Waals surface area contributed by atoms with Crippen molar-refractivity contribution < 1.29 is 13.2 Å². The SMILES string of the molecule is CN(Cc1cccc(Br)c1)Cc1nccn1CC(F)(F)F. The van der Waals surface area contributed by atoms with Crippen molar-refractivity contribution in [2.24, 2.45) is 0 Å². The van der Waals surface area contributed by atoms with Gasteiger partial charge >= 0.3 is 6.18 Å². The van der Waals surface area contributed by atoms with E-state index in [4.69, 9.17) is 0 Å². The standard InChI is InChI=1S/C14H15BrF3N3/c1-20(8-11-3-2-4-12(15)7-11)9-13-19-5-6-21(13)10-14(16,17)18/h2-7H,8-10H2,1H3. The summed E-state index contributed by atoms with van der Waals surface area (Å²) < 4.78 is 39.5. The molecular weight excluding hydrogens is 347 g/mol. The smallest absolute Gasteiger partial charge is 0.325 e. The number of alkyl halides is 3. The van der Waals surface area contributed by atoms with E-state index in [1.54, 1.807) is 0 Å². The van der Waals surface area contributed by atoms with Gasteiger partial charge in [-0.15, -0.1) is 0 Å². The second-order valence-electron chi connectivity index (χ2n) is 4.89. The van der Waals surface area contributed by atoms with Gasteiger partial charge in [0.25, 0.3) is 0 Å². The Labute approximate surface area is 129 Å². The van der Waals surface area contributed by atoms with Gasteiger partial charge in [-0.3, -0.25) is 4.90 Å². The van der Waals surface area contributed by atoms with Crippen LogP contribution in [0.15, 0.2) is 41.1 Å². The van der Waals surface area contributed by atoms with E-state index in [-0.39, 0.29) is 0 Å². The largest absolute Gasteiger partial charge is 0.406 e. The number of rotatable bonds is 5. The maximum atomic E-state index is 12.5. The van der Waals surface area contributed by atoms with Gasteiger partial charge in [0.05, 0.1) is 6.54 Å². The minimum atomic E-state index is -4.24. The van der Waals surface area contributed by atoms with E-state index in [1.165, 1.54) is 12.4 Å². The molecule has 0 spiro atoms. The van der Waals surface area contributed by atoms with E-state index in [9.17, 15) is 13.2 Å². The van der Waals surface area contributed by atoms with Crippen LogP contribution in [0.1, 0.15) is 11.4 Å². The first kappa shape index (κ1) is 16.0. The molecule has 0 aliphatic carbocycles. The van der Waals surface area contributed by atoms with Crippen LogP contribution >= 0.6 is 15.9 Å². The highest BCUT2D eigenvalue weighted by molar-refractivity contribution is 9.10. The summed E-state index contributed by atoms with van der Waals surface area (Å²) in [6.07, 6.45) is -1.48. The van der Waals surface area contributed by atoms with Gasteiger partial charge in [-0.05, 0) is 24.7 Å². The van der Waals surface area contributed by atoms with Crippen molar-refractivity contribution >= 4 is 15.9 Å². The van der Waals surface area contributed by atoms with Gasteiger partial charge in [0, 0.05) is 23.4 Å². The lowest BCUT2D eigenvalue weighted by molar-refractivity contribution is -0.141. The highest BCUT2D eigenvalue weighted by Gasteiger charge is 2.28. The summed E-state index contributed by atoms with van der Waals surface area (Å²) in [5.74, 6) is 0.407. The second kappa shape index (κ2) is 6.62. The van der Waals surface area contributed by atoms with Gasteiger partial charge < -0.3 is 4.57 Å². The molecule has 3 nitrogen and oxygen atoms in total. The van der Waals surface area contributed by atoms with Crippen LogP contribution in [0, 0.1) is 0 Å². The van der Waals surface area contributed by atoms with Gasteiger partial charge in [0.2, 0.25) is 0 Å². The van der Waals surface area contributed by atoms with Crippen LogP contribution in [-0.4, -0.2) is 27.7 Å². The third-order valence-electron chi connectivity index (χ3n) is 2.90. The fourth-order valence-corrected chi connectivity index (χ4v) is 2.52. The molecule has 0 unspecified atom stereocenters. The van der Waals surface area contributed by atoms with Gasteiger partial charge in [0.1, 0.15) is 12.4 Å². The summed E-state index contributed by atoms with van der Waals surface area (Å²) in [6.45, 7) is -0.0129.